The van der Waals surface area contributed by atoms with Crippen molar-refractivity contribution in [2.24, 2.45) is 5.11 Å². The summed E-state index contributed by atoms with van der Waals surface area (Å²) in [7, 11) is -1.63. The first-order valence-corrected chi connectivity index (χ1v) is 15.5. The van der Waals surface area contributed by atoms with Gasteiger partial charge in [0.05, 0.1) is 6.10 Å². The van der Waals surface area contributed by atoms with Crippen LogP contribution in [0.2, 0.25) is 5.04 Å². The van der Waals surface area contributed by atoms with Crippen LogP contribution in [0.4, 0.5) is 0 Å². The molecule has 1 saturated heterocycles. The van der Waals surface area contributed by atoms with Gasteiger partial charge < -0.3 is 19.0 Å². The molecule has 3 unspecified atom stereocenters. The van der Waals surface area contributed by atoms with Gasteiger partial charge in [-0.1, -0.05) is 86.5 Å². The Morgan fingerprint density at radius 3 is 2.20 bits per heavy atom. The molecule has 1 aliphatic heterocycles. The van der Waals surface area contributed by atoms with Gasteiger partial charge in [-0.05, 0) is 33.8 Å². The maximum absolute atomic E-state index is 12.8. The van der Waals surface area contributed by atoms with Gasteiger partial charge in [0.1, 0.15) is 18.3 Å². The maximum Gasteiger partial charge on any atom is 0.330 e. The minimum Gasteiger partial charge on any atom is -0.399 e. The third kappa shape index (κ3) is 6.23. The molecule has 5 atom stereocenters. The molecule has 1 fully saturated rings. The van der Waals surface area contributed by atoms with E-state index < -0.39 is 50.2 Å². The standard InChI is InChI=1S/C29H37N5O6Si/c1-29(2,3)41(20-12-7-5-8-13-20,21-14-9-6-10-15-21)40-25-24(22(35)16-11-18-31-33-30)39-27(26(25)38-4)34-19-17-23(36)32-28(34)37/h5-10,12-15,17,19,22,24-27,35H,11,16,18H2,1-4H3,(H,32,36,37)/t22?,24-,25?,26?,27-/m1/s1. The van der Waals surface area contributed by atoms with E-state index in [4.69, 9.17) is 19.4 Å². The smallest absolute Gasteiger partial charge is 0.330 e. The highest BCUT2D eigenvalue weighted by Gasteiger charge is 2.58. The number of methoxy groups -OCH3 is 1. The number of hydrogen-bond acceptors (Lipinski definition) is 7. The fraction of sp³-hybridized carbons (Fsp3) is 0.448. The minimum absolute atomic E-state index is 0.219. The predicted octanol–water partition coefficient (Wildman–Crippen LogP) is 2.85. The number of nitrogens with one attached hydrogen (secondary N) is 1. The summed E-state index contributed by atoms with van der Waals surface area (Å²) < 4.78 is 21.0. The molecule has 1 aliphatic rings. The van der Waals surface area contributed by atoms with Crippen LogP contribution in [0, 0.1) is 0 Å². The molecule has 12 heteroatoms. The zero-order chi connectivity index (χ0) is 29.6. The van der Waals surface area contributed by atoms with Crippen molar-refractivity contribution < 1.29 is 19.0 Å². The zero-order valence-corrected chi connectivity index (χ0v) is 24.7. The Hall–Kier alpha value is -3.51. The lowest BCUT2D eigenvalue weighted by atomic mass is 10.0. The molecule has 4 rings (SSSR count). The Kier molecular flexibility index (Phi) is 9.64. The average molecular weight is 580 g/mol. The van der Waals surface area contributed by atoms with Crippen LogP contribution in [0.1, 0.15) is 39.8 Å². The second-order valence-electron chi connectivity index (χ2n) is 11.1. The van der Waals surface area contributed by atoms with E-state index in [0.29, 0.717) is 6.42 Å². The first-order valence-electron chi connectivity index (χ1n) is 13.6. The van der Waals surface area contributed by atoms with Gasteiger partial charge in [0.25, 0.3) is 13.9 Å². The minimum atomic E-state index is -3.14. The third-order valence-electron chi connectivity index (χ3n) is 7.55. The molecule has 2 N–H and O–H groups in total. The van der Waals surface area contributed by atoms with Crippen molar-refractivity contribution in [2.75, 3.05) is 13.7 Å². The van der Waals surface area contributed by atoms with Crippen molar-refractivity contribution in [1.29, 1.82) is 0 Å². The summed E-state index contributed by atoms with van der Waals surface area (Å²) in [6, 6.07) is 21.4. The van der Waals surface area contributed by atoms with Gasteiger partial charge in [0, 0.05) is 30.8 Å². The topological polar surface area (TPSA) is 152 Å². The van der Waals surface area contributed by atoms with Gasteiger partial charge in [-0.15, -0.1) is 0 Å². The van der Waals surface area contributed by atoms with Crippen molar-refractivity contribution in [1.82, 2.24) is 9.55 Å². The zero-order valence-electron chi connectivity index (χ0n) is 23.7. The summed E-state index contributed by atoms with van der Waals surface area (Å²) in [6.07, 6.45) is -2.45. The normalized spacial score (nSPS) is 21.8. The van der Waals surface area contributed by atoms with Gasteiger partial charge in [-0.3, -0.25) is 14.3 Å². The average Bonchev–Trinajstić information content (AvgIpc) is 3.32. The highest BCUT2D eigenvalue weighted by molar-refractivity contribution is 6.99. The highest BCUT2D eigenvalue weighted by atomic mass is 28.4. The van der Waals surface area contributed by atoms with Gasteiger partial charge in [0.2, 0.25) is 0 Å². The summed E-state index contributed by atoms with van der Waals surface area (Å²) in [4.78, 5) is 29.7. The Morgan fingerprint density at radius 1 is 1.07 bits per heavy atom. The number of aliphatic hydroxyl groups is 1. The highest BCUT2D eigenvalue weighted by Crippen LogP contribution is 2.42. The number of aliphatic hydroxyl groups excluding tert-OH is 1. The first kappa shape index (κ1) is 30.4. The van der Waals surface area contributed by atoms with E-state index in [0.717, 1.165) is 10.4 Å². The van der Waals surface area contributed by atoms with E-state index in [1.54, 1.807) is 0 Å². The number of aromatic nitrogens is 2. The number of hydrogen-bond donors (Lipinski definition) is 2. The quantitative estimate of drug-likeness (QED) is 0.117. The fourth-order valence-corrected chi connectivity index (χ4v) is 10.4. The SMILES string of the molecule is COC1C(O[Si](c2ccccc2)(c2ccccc2)C(C)(C)C)[C@@H](C(O)CCCN=[N+]=[N-])O[C@H]1n1ccc(=O)[nH]c1=O. The monoisotopic (exact) mass is 579 g/mol. The van der Waals surface area contributed by atoms with E-state index in [-0.39, 0.29) is 18.0 Å². The molecule has 1 aromatic heterocycles. The molecule has 0 bridgehead atoms. The molecule has 0 saturated carbocycles. The summed E-state index contributed by atoms with van der Waals surface area (Å²) >= 11 is 0. The van der Waals surface area contributed by atoms with E-state index >= 15 is 0 Å². The van der Waals surface area contributed by atoms with Gasteiger partial charge in [0.15, 0.2) is 6.23 Å². The van der Waals surface area contributed by atoms with Crippen LogP contribution < -0.4 is 21.6 Å². The van der Waals surface area contributed by atoms with Crippen LogP contribution in [0.25, 0.3) is 10.4 Å². The number of aromatic amines is 1. The molecular weight excluding hydrogens is 542 g/mol. The number of azide groups is 1. The van der Waals surface area contributed by atoms with Gasteiger partial charge in [-0.25, -0.2) is 4.79 Å². The van der Waals surface area contributed by atoms with Crippen LogP contribution >= 0.6 is 0 Å². The van der Waals surface area contributed by atoms with E-state index in [9.17, 15) is 14.7 Å². The van der Waals surface area contributed by atoms with E-state index in [2.05, 4.69) is 60.0 Å². The van der Waals surface area contributed by atoms with Crippen molar-refractivity contribution in [3.8, 4) is 0 Å². The summed E-state index contributed by atoms with van der Waals surface area (Å²) in [5, 5.41) is 16.7. The lowest BCUT2D eigenvalue weighted by molar-refractivity contribution is -0.0885. The van der Waals surface area contributed by atoms with Crippen molar-refractivity contribution in [3.05, 3.63) is 104 Å². The molecule has 11 nitrogen and oxygen atoms in total. The lowest BCUT2D eigenvalue weighted by Gasteiger charge is -2.46. The van der Waals surface area contributed by atoms with Crippen LogP contribution in [-0.2, 0) is 13.9 Å². The summed E-state index contributed by atoms with van der Waals surface area (Å²) in [5.74, 6) is 0. The molecule has 0 radical (unpaired) electrons. The number of H-pyrrole nitrogens is 1. The molecule has 218 valence electrons. The Labute approximate surface area is 239 Å². The van der Waals surface area contributed by atoms with E-state index in [1.807, 2.05) is 36.4 Å². The summed E-state index contributed by atoms with van der Waals surface area (Å²) in [6.45, 7) is 6.65. The van der Waals surface area contributed by atoms with Crippen molar-refractivity contribution >= 4 is 18.7 Å². The number of ether oxygens (including phenoxy) is 2. The van der Waals surface area contributed by atoms with Crippen LogP contribution in [0.3, 0.4) is 0 Å². The van der Waals surface area contributed by atoms with Gasteiger partial charge in [-0.2, -0.15) is 0 Å². The van der Waals surface area contributed by atoms with Crippen molar-refractivity contribution in [2.45, 2.75) is 69.3 Å². The molecule has 0 amide bonds. The molecule has 2 heterocycles. The van der Waals surface area contributed by atoms with Crippen LogP contribution in [0.15, 0.2) is 87.6 Å². The van der Waals surface area contributed by atoms with E-state index in [1.165, 1.54) is 23.9 Å². The van der Waals surface area contributed by atoms with Crippen LogP contribution in [0.5, 0.6) is 0 Å². The number of rotatable bonds is 11. The predicted molar refractivity (Wildman–Crippen MR) is 158 cm³/mol. The maximum atomic E-state index is 12.8. The second-order valence-corrected chi connectivity index (χ2v) is 15.4. The Balaban J connectivity index is 1.87. The van der Waals surface area contributed by atoms with Crippen molar-refractivity contribution in [3.63, 3.8) is 0 Å². The number of benzene rings is 2. The first-order chi connectivity index (χ1) is 19.6. The molecule has 0 spiro atoms. The second kappa shape index (κ2) is 13.0. The molecular formula is C29H37N5O6Si. The summed E-state index contributed by atoms with van der Waals surface area (Å²) in [5.41, 5.74) is 7.47. The lowest BCUT2D eigenvalue weighted by Crippen LogP contribution is -2.69. The van der Waals surface area contributed by atoms with Crippen LogP contribution in [-0.4, -0.2) is 61.0 Å². The third-order valence-corrected chi connectivity index (χ3v) is 12.6. The molecule has 0 aliphatic carbocycles. The molecule has 2 aromatic carbocycles. The molecule has 3 aromatic rings. The largest absolute Gasteiger partial charge is 0.399 e. The number of nitrogens with zero attached hydrogens (tertiary/aromatic N) is 4. The van der Waals surface area contributed by atoms with Gasteiger partial charge >= 0.3 is 5.69 Å². The fourth-order valence-electron chi connectivity index (χ4n) is 5.69. The Morgan fingerprint density at radius 2 is 1.68 bits per heavy atom. The molecule has 41 heavy (non-hydrogen) atoms. The Bertz CT molecular complexity index is 1410.